The molecule has 0 radical (unpaired) electrons. The maximum Gasteiger partial charge on any atom is 0.298 e. The van der Waals surface area contributed by atoms with E-state index in [0.717, 1.165) is 29.7 Å². The molecule has 0 spiro atoms. The average molecular weight is 276 g/mol. The van der Waals surface area contributed by atoms with E-state index in [2.05, 4.69) is 60.6 Å². The highest BCUT2D eigenvalue weighted by Gasteiger charge is 2.27. The van der Waals surface area contributed by atoms with E-state index in [-0.39, 0.29) is 10.8 Å². The van der Waals surface area contributed by atoms with Crippen LogP contribution in [0.4, 0.5) is 0 Å². The monoisotopic (exact) mass is 276 g/mol. The van der Waals surface area contributed by atoms with E-state index < -0.39 is 0 Å². The number of hydrogen-bond acceptors (Lipinski definition) is 2. The fourth-order valence-corrected chi connectivity index (χ4v) is 2.41. The first-order valence-electron chi connectivity index (χ1n) is 7.39. The molecule has 0 heterocycles. The first-order chi connectivity index (χ1) is 9.11. The van der Waals surface area contributed by atoms with Gasteiger partial charge in [-0.2, -0.15) is 0 Å². The highest BCUT2D eigenvalue weighted by atomic mass is 16.5. The van der Waals surface area contributed by atoms with Gasteiger partial charge in [0.2, 0.25) is 0 Å². The molecule has 20 heavy (non-hydrogen) atoms. The van der Waals surface area contributed by atoms with Gasteiger partial charge in [-0.25, -0.2) is 0 Å². The minimum Gasteiger partial charge on any atom is -0.428 e. The van der Waals surface area contributed by atoms with Gasteiger partial charge in [-0.1, -0.05) is 67.0 Å². The van der Waals surface area contributed by atoms with Crippen molar-refractivity contribution in [2.45, 2.75) is 72.1 Å². The summed E-state index contributed by atoms with van der Waals surface area (Å²) in [5.74, 6) is 0.736. The molecule has 0 unspecified atom stereocenters. The Hall–Kier alpha value is -1.31. The second-order valence-corrected chi connectivity index (χ2v) is 7.48. The zero-order valence-corrected chi connectivity index (χ0v) is 14.0. The molecule has 112 valence electrons. The van der Waals surface area contributed by atoms with Crippen molar-refractivity contribution >= 4 is 6.47 Å². The summed E-state index contributed by atoms with van der Waals surface area (Å²) in [5, 5.41) is 0. The first kappa shape index (κ1) is 16.7. The Morgan fingerprint density at radius 3 is 1.75 bits per heavy atom. The molecule has 0 bridgehead atoms. The third-order valence-electron chi connectivity index (χ3n) is 3.47. The molecule has 0 amide bonds. The van der Waals surface area contributed by atoms with Gasteiger partial charge >= 0.3 is 0 Å². The molecule has 0 saturated heterocycles. The number of ether oxygens (including phenoxy) is 1. The normalized spacial score (nSPS) is 12.3. The summed E-state index contributed by atoms with van der Waals surface area (Å²) in [6, 6.07) is 4.38. The van der Waals surface area contributed by atoms with Crippen molar-refractivity contribution in [3.8, 4) is 5.75 Å². The summed E-state index contributed by atoms with van der Waals surface area (Å²) in [6.07, 6.45) is 2.16. The number of carbonyl (C=O) groups excluding carboxylic acids is 1. The molecule has 0 aliphatic rings. The molecule has 0 atom stereocenters. The van der Waals surface area contributed by atoms with Crippen LogP contribution in [0.15, 0.2) is 12.1 Å². The fraction of sp³-hybridized carbons (Fsp3) is 0.611. The van der Waals surface area contributed by atoms with Gasteiger partial charge in [0.15, 0.2) is 0 Å². The van der Waals surface area contributed by atoms with E-state index in [4.69, 9.17) is 4.74 Å². The maximum atomic E-state index is 10.9. The highest BCUT2D eigenvalue weighted by molar-refractivity contribution is 5.56. The van der Waals surface area contributed by atoms with Crippen LogP contribution in [0.2, 0.25) is 0 Å². The third-order valence-corrected chi connectivity index (χ3v) is 3.47. The lowest BCUT2D eigenvalue weighted by atomic mass is 9.78. The van der Waals surface area contributed by atoms with Crippen LogP contribution in [0.25, 0.3) is 0 Å². The van der Waals surface area contributed by atoms with E-state index in [1.165, 1.54) is 5.56 Å². The van der Waals surface area contributed by atoms with Crippen LogP contribution in [0.5, 0.6) is 5.75 Å². The molecule has 0 saturated carbocycles. The van der Waals surface area contributed by atoms with E-state index in [1.54, 1.807) is 0 Å². The fourth-order valence-electron chi connectivity index (χ4n) is 2.41. The second-order valence-electron chi connectivity index (χ2n) is 7.48. The van der Waals surface area contributed by atoms with E-state index in [1.807, 2.05) is 0 Å². The van der Waals surface area contributed by atoms with Crippen molar-refractivity contribution in [3.05, 3.63) is 28.8 Å². The molecular weight excluding hydrogens is 248 g/mol. The molecule has 1 rings (SSSR count). The van der Waals surface area contributed by atoms with E-state index in [0.29, 0.717) is 6.47 Å². The van der Waals surface area contributed by atoms with Gasteiger partial charge in [0.25, 0.3) is 6.47 Å². The zero-order valence-electron chi connectivity index (χ0n) is 14.0. The van der Waals surface area contributed by atoms with Crippen molar-refractivity contribution in [2.24, 2.45) is 0 Å². The third kappa shape index (κ3) is 3.84. The smallest absolute Gasteiger partial charge is 0.298 e. The van der Waals surface area contributed by atoms with Crippen LogP contribution in [-0.4, -0.2) is 6.47 Å². The van der Waals surface area contributed by atoms with E-state index in [9.17, 15) is 4.79 Å². The van der Waals surface area contributed by atoms with Gasteiger partial charge in [-0.3, -0.25) is 4.79 Å². The quantitative estimate of drug-likeness (QED) is 0.740. The SMILES string of the molecule is CCCc1cc(C(C)(C)C)c(OC=O)c(C(C)(C)C)c1. The molecule has 2 heteroatoms. The molecule has 0 aromatic heterocycles. The molecule has 0 aliphatic carbocycles. The molecular formula is C18H28O2. The lowest BCUT2D eigenvalue weighted by Crippen LogP contribution is -2.20. The number of carbonyl (C=O) groups is 1. The predicted molar refractivity (Wildman–Crippen MR) is 84.5 cm³/mol. The Kier molecular flexibility index (Phi) is 5.01. The summed E-state index contributed by atoms with van der Waals surface area (Å²) < 4.78 is 5.37. The molecule has 0 N–H and O–H groups in total. The van der Waals surface area contributed by atoms with Crippen LogP contribution in [-0.2, 0) is 22.0 Å². The van der Waals surface area contributed by atoms with Gasteiger partial charge in [-0.05, 0) is 22.8 Å². The van der Waals surface area contributed by atoms with Gasteiger partial charge < -0.3 is 4.74 Å². The molecule has 0 aliphatic heterocycles. The summed E-state index contributed by atoms with van der Waals surface area (Å²) in [6.45, 7) is 15.7. The standard InChI is InChI=1S/C18H28O2/c1-8-9-13-10-14(17(2,3)4)16(20-12-19)15(11-13)18(5,6)7/h10-12H,8-9H2,1-7H3. The average Bonchev–Trinajstić information content (AvgIpc) is 2.28. The molecule has 1 aromatic carbocycles. The lowest BCUT2D eigenvalue weighted by molar-refractivity contribution is -0.120. The Bertz CT molecular complexity index is 438. The Morgan fingerprint density at radius 1 is 1.00 bits per heavy atom. The zero-order chi connectivity index (χ0) is 15.6. The van der Waals surface area contributed by atoms with Crippen molar-refractivity contribution < 1.29 is 9.53 Å². The number of benzene rings is 1. The second kappa shape index (κ2) is 5.99. The van der Waals surface area contributed by atoms with Crippen LogP contribution >= 0.6 is 0 Å². The number of rotatable bonds is 4. The Morgan fingerprint density at radius 2 is 1.45 bits per heavy atom. The van der Waals surface area contributed by atoms with Crippen LogP contribution in [0.3, 0.4) is 0 Å². The highest BCUT2D eigenvalue weighted by Crippen LogP contribution is 2.40. The van der Waals surface area contributed by atoms with Gasteiger partial charge in [-0.15, -0.1) is 0 Å². The van der Waals surface area contributed by atoms with Crippen molar-refractivity contribution in [3.63, 3.8) is 0 Å². The molecule has 0 fully saturated rings. The molecule has 2 nitrogen and oxygen atoms in total. The predicted octanol–water partition coefficient (Wildman–Crippen LogP) is 4.77. The van der Waals surface area contributed by atoms with E-state index >= 15 is 0 Å². The minimum atomic E-state index is -0.0535. The Balaban J connectivity index is 3.61. The summed E-state index contributed by atoms with van der Waals surface area (Å²) in [7, 11) is 0. The van der Waals surface area contributed by atoms with Gasteiger partial charge in [0, 0.05) is 11.1 Å². The number of aryl methyl sites for hydroxylation is 1. The lowest BCUT2D eigenvalue weighted by Gasteiger charge is -2.29. The van der Waals surface area contributed by atoms with Gasteiger partial charge in [0.1, 0.15) is 5.75 Å². The first-order valence-corrected chi connectivity index (χ1v) is 7.39. The van der Waals surface area contributed by atoms with Crippen molar-refractivity contribution in [1.29, 1.82) is 0 Å². The van der Waals surface area contributed by atoms with Gasteiger partial charge in [0.05, 0.1) is 0 Å². The van der Waals surface area contributed by atoms with Crippen LogP contribution in [0.1, 0.15) is 71.6 Å². The topological polar surface area (TPSA) is 26.3 Å². The summed E-state index contributed by atoms with van der Waals surface area (Å²) >= 11 is 0. The van der Waals surface area contributed by atoms with Crippen LogP contribution < -0.4 is 4.74 Å². The minimum absolute atomic E-state index is 0.0535. The number of hydrogen-bond donors (Lipinski definition) is 0. The van der Waals surface area contributed by atoms with Crippen molar-refractivity contribution in [2.75, 3.05) is 0 Å². The van der Waals surface area contributed by atoms with Crippen molar-refractivity contribution in [1.82, 2.24) is 0 Å². The van der Waals surface area contributed by atoms with Crippen LogP contribution in [0, 0.1) is 0 Å². The summed E-state index contributed by atoms with van der Waals surface area (Å²) in [5.41, 5.74) is 3.44. The maximum absolute atomic E-state index is 10.9. The molecule has 1 aromatic rings. The summed E-state index contributed by atoms with van der Waals surface area (Å²) in [4.78, 5) is 10.9. The Labute approximate surface area is 123 Å². The largest absolute Gasteiger partial charge is 0.428 e.